The molecular formula is C23H23BrClF2N3O3. The number of halogens is 4. The maximum atomic E-state index is 14.8. The van der Waals surface area contributed by atoms with Gasteiger partial charge in [-0.3, -0.25) is 0 Å². The first-order chi connectivity index (χ1) is 15.5. The Morgan fingerprint density at radius 2 is 2.00 bits per heavy atom. The number of amides is 1. The van der Waals surface area contributed by atoms with Crippen LogP contribution in [-0.2, 0) is 15.9 Å². The molecular weight excluding hydrogens is 520 g/mol. The van der Waals surface area contributed by atoms with E-state index >= 15 is 0 Å². The van der Waals surface area contributed by atoms with Gasteiger partial charge in [0.15, 0.2) is 0 Å². The summed E-state index contributed by atoms with van der Waals surface area (Å²) < 4.78 is 43.1. The first-order valence-electron chi connectivity index (χ1n) is 10.4. The predicted molar refractivity (Wildman–Crippen MR) is 125 cm³/mol. The SMILES string of the molecule is CC(C)(C)OC(=O)N1CCO[C@@H](Cc2c(-c3c(F)cc(Br)cc3F)nc3cc(Cl)ccn23)C1. The van der Waals surface area contributed by atoms with E-state index in [4.69, 9.17) is 21.1 Å². The molecule has 1 saturated heterocycles. The standard InChI is InChI=1S/C23H23BrClF2N3O3/c1-23(2,3)33-22(31)29-6-7-32-15(12-29)11-18-21(20-16(26)8-13(24)9-17(20)27)28-19-10-14(25)4-5-30(18)19/h4-5,8-10,15H,6-7,11-12H2,1-3H3/t15-/m0/s1. The van der Waals surface area contributed by atoms with Crippen LogP contribution >= 0.6 is 27.5 Å². The minimum atomic E-state index is -0.738. The highest BCUT2D eigenvalue weighted by Gasteiger charge is 2.30. The molecule has 0 spiro atoms. The molecule has 0 bridgehead atoms. The molecule has 1 atom stereocenters. The molecule has 1 aromatic carbocycles. The predicted octanol–water partition coefficient (Wildman–Crippen LogP) is 5.87. The zero-order chi connectivity index (χ0) is 23.9. The highest BCUT2D eigenvalue weighted by Crippen LogP contribution is 2.33. The molecule has 3 aromatic rings. The van der Waals surface area contributed by atoms with Crippen LogP contribution in [0, 0.1) is 11.6 Å². The Morgan fingerprint density at radius 3 is 2.67 bits per heavy atom. The molecule has 3 heterocycles. The lowest BCUT2D eigenvalue weighted by Gasteiger charge is -2.34. The van der Waals surface area contributed by atoms with Crippen LogP contribution in [0.25, 0.3) is 16.9 Å². The molecule has 2 aromatic heterocycles. The molecule has 1 fully saturated rings. The largest absolute Gasteiger partial charge is 0.444 e. The first kappa shape index (κ1) is 23.9. The number of pyridine rings is 1. The fourth-order valence-corrected chi connectivity index (χ4v) is 4.34. The number of hydrogen-bond acceptors (Lipinski definition) is 4. The fraction of sp³-hybridized carbons (Fsp3) is 0.391. The van der Waals surface area contributed by atoms with Gasteiger partial charge in [-0.05, 0) is 39.0 Å². The van der Waals surface area contributed by atoms with Crippen molar-refractivity contribution in [1.82, 2.24) is 14.3 Å². The van der Waals surface area contributed by atoms with Crippen molar-refractivity contribution in [3.63, 3.8) is 0 Å². The molecule has 1 aliphatic rings. The zero-order valence-electron chi connectivity index (χ0n) is 18.4. The Bertz CT molecular complexity index is 1190. The van der Waals surface area contributed by atoms with E-state index in [0.717, 1.165) is 0 Å². The number of fused-ring (bicyclic) bond motifs is 1. The average molecular weight is 543 g/mol. The smallest absolute Gasteiger partial charge is 0.410 e. The molecule has 6 nitrogen and oxygen atoms in total. The van der Waals surface area contributed by atoms with E-state index in [1.807, 2.05) is 0 Å². The van der Waals surface area contributed by atoms with Gasteiger partial charge < -0.3 is 18.8 Å². The quantitative estimate of drug-likeness (QED) is 0.415. The first-order valence-corrected chi connectivity index (χ1v) is 11.6. The molecule has 0 saturated carbocycles. The van der Waals surface area contributed by atoms with Gasteiger partial charge in [0.1, 0.15) is 22.9 Å². The summed E-state index contributed by atoms with van der Waals surface area (Å²) >= 11 is 9.23. The molecule has 176 valence electrons. The van der Waals surface area contributed by atoms with Crippen LogP contribution in [0.5, 0.6) is 0 Å². The lowest BCUT2D eigenvalue weighted by Crippen LogP contribution is -2.48. The van der Waals surface area contributed by atoms with Crippen LogP contribution in [0.1, 0.15) is 26.5 Å². The number of carbonyl (C=O) groups excluding carboxylic acids is 1. The van der Waals surface area contributed by atoms with E-state index in [0.29, 0.717) is 34.0 Å². The monoisotopic (exact) mass is 541 g/mol. The number of aromatic nitrogens is 2. The number of morpholine rings is 1. The molecule has 33 heavy (non-hydrogen) atoms. The van der Waals surface area contributed by atoms with Crippen molar-refractivity contribution in [3.05, 3.63) is 57.3 Å². The van der Waals surface area contributed by atoms with Gasteiger partial charge in [-0.1, -0.05) is 27.5 Å². The molecule has 0 unspecified atom stereocenters. The summed E-state index contributed by atoms with van der Waals surface area (Å²) in [6, 6.07) is 5.69. The summed E-state index contributed by atoms with van der Waals surface area (Å²) in [4.78, 5) is 18.6. The number of imidazole rings is 1. The van der Waals surface area contributed by atoms with Gasteiger partial charge in [-0.15, -0.1) is 0 Å². The van der Waals surface area contributed by atoms with Gasteiger partial charge in [0, 0.05) is 34.7 Å². The molecule has 0 radical (unpaired) electrons. The van der Waals surface area contributed by atoms with E-state index in [1.165, 1.54) is 12.1 Å². The summed E-state index contributed by atoms with van der Waals surface area (Å²) in [6.45, 7) is 6.42. The third-order valence-corrected chi connectivity index (χ3v) is 5.84. The number of nitrogens with zero attached hydrogens (tertiary/aromatic N) is 3. The van der Waals surface area contributed by atoms with Gasteiger partial charge in [0.2, 0.25) is 0 Å². The molecule has 0 N–H and O–H groups in total. The molecule has 10 heteroatoms. The Labute approximate surface area is 203 Å². The van der Waals surface area contributed by atoms with Crippen molar-refractivity contribution >= 4 is 39.3 Å². The van der Waals surface area contributed by atoms with E-state index in [2.05, 4.69) is 20.9 Å². The van der Waals surface area contributed by atoms with Crippen molar-refractivity contribution in [1.29, 1.82) is 0 Å². The third-order valence-electron chi connectivity index (χ3n) is 5.14. The topological polar surface area (TPSA) is 56.1 Å². The summed E-state index contributed by atoms with van der Waals surface area (Å²) in [5, 5.41) is 0.451. The summed E-state index contributed by atoms with van der Waals surface area (Å²) in [7, 11) is 0. The Morgan fingerprint density at radius 1 is 1.30 bits per heavy atom. The van der Waals surface area contributed by atoms with Crippen LogP contribution in [0.2, 0.25) is 5.02 Å². The highest BCUT2D eigenvalue weighted by molar-refractivity contribution is 9.10. The fourth-order valence-electron chi connectivity index (χ4n) is 3.79. The zero-order valence-corrected chi connectivity index (χ0v) is 20.7. The van der Waals surface area contributed by atoms with Crippen LogP contribution in [0.3, 0.4) is 0 Å². The number of hydrogen-bond donors (Lipinski definition) is 0. The Hall–Kier alpha value is -2.23. The number of benzene rings is 1. The van der Waals surface area contributed by atoms with Crippen molar-refractivity contribution < 1.29 is 23.0 Å². The van der Waals surface area contributed by atoms with Crippen molar-refractivity contribution in [2.75, 3.05) is 19.7 Å². The van der Waals surface area contributed by atoms with Crippen LogP contribution < -0.4 is 0 Å². The van der Waals surface area contributed by atoms with E-state index in [-0.39, 0.29) is 24.2 Å². The van der Waals surface area contributed by atoms with Crippen LogP contribution in [-0.4, -0.2) is 51.8 Å². The van der Waals surface area contributed by atoms with E-state index in [9.17, 15) is 13.6 Å². The lowest BCUT2D eigenvalue weighted by molar-refractivity contribution is -0.0418. The Kier molecular flexibility index (Phi) is 6.66. The molecule has 0 aliphatic carbocycles. The summed E-state index contributed by atoms with van der Waals surface area (Å²) in [5.41, 5.74) is 0.327. The maximum Gasteiger partial charge on any atom is 0.410 e. The minimum Gasteiger partial charge on any atom is -0.444 e. The molecule has 4 rings (SSSR count). The molecule has 1 aliphatic heterocycles. The van der Waals surface area contributed by atoms with Crippen LogP contribution in [0.4, 0.5) is 13.6 Å². The van der Waals surface area contributed by atoms with Gasteiger partial charge in [0.25, 0.3) is 0 Å². The average Bonchev–Trinajstić information content (AvgIpc) is 3.03. The van der Waals surface area contributed by atoms with Gasteiger partial charge in [-0.2, -0.15) is 0 Å². The van der Waals surface area contributed by atoms with Crippen LogP contribution in [0.15, 0.2) is 34.9 Å². The normalized spacial score (nSPS) is 16.9. The highest BCUT2D eigenvalue weighted by atomic mass is 79.9. The second kappa shape index (κ2) is 9.19. The number of carbonyl (C=O) groups is 1. The third kappa shape index (κ3) is 5.31. The second-order valence-electron chi connectivity index (χ2n) is 8.85. The lowest BCUT2D eigenvalue weighted by atomic mass is 10.0. The van der Waals surface area contributed by atoms with Crippen molar-refractivity contribution in [2.24, 2.45) is 0 Å². The Balaban J connectivity index is 1.70. The van der Waals surface area contributed by atoms with Crippen molar-refractivity contribution in [3.8, 4) is 11.3 Å². The maximum absolute atomic E-state index is 14.8. The van der Waals surface area contributed by atoms with Gasteiger partial charge >= 0.3 is 6.09 Å². The van der Waals surface area contributed by atoms with Crippen molar-refractivity contribution in [2.45, 2.75) is 38.9 Å². The summed E-state index contributed by atoms with van der Waals surface area (Å²) in [5.74, 6) is -1.48. The van der Waals surface area contributed by atoms with E-state index in [1.54, 1.807) is 48.4 Å². The number of ether oxygens (including phenoxy) is 2. The van der Waals surface area contributed by atoms with Gasteiger partial charge in [0.05, 0.1) is 36.2 Å². The summed E-state index contributed by atoms with van der Waals surface area (Å²) in [6.07, 6.45) is 1.13. The molecule has 1 amide bonds. The minimum absolute atomic E-state index is 0.165. The van der Waals surface area contributed by atoms with E-state index < -0.39 is 29.4 Å². The number of rotatable bonds is 3. The second-order valence-corrected chi connectivity index (χ2v) is 10.2. The van der Waals surface area contributed by atoms with Gasteiger partial charge in [-0.25, -0.2) is 18.6 Å².